The first kappa shape index (κ1) is 21.8. The van der Waals surface area contributed by atoms with E-state index >= 15 is 4.39 Å². The number of para-hydroxylation sites is 2. The summed E-state index contributed by atoms with van der Waals surface area (Å²) in [5.74, 6) is -1.04. The molecule has 0 aliphatic heterocycles. The lowest BCUT2D eigenvalue weighted by molar-refractivity contribution is 0.595. The lowest BCUT2D eigenvalue weighted by atomic mass is 10.1. The Kier molecular flexibility index (Phi) is 4.60. The van der Waals surface area contributed by atoms with E-state index in [2.05, 4.69) is 12.1 Å². The van der Waals surface area contributed by atoms with Gasteiger partial charge in [0.1, 0.15) is 17.7 Å². The summed E-state index contributed by atoms with van der Waals surface area (Å²) in [5, 5.41) is 22.9. The van der Waals surface area contributed by atoms with Gasteiger partial charge in [0.2, 0.25) is 0 Å². The maximum atomic E-state index is 15.1. The highest BCUT2D eigenvalue weighted by Crippen LogP contribution is 2.40. The Morgan fingerprint density at radius 3 is 1.74 bits per heavy atom. The molecule has 0 spiro atoms. The predicted molar refractivity (Wildman–Crippen MR) is 144 cm³/mol. The molecule has 5 aromatic carbocycles. The number of nitrogens with zero attached hydrogens (tertiary/aromatic N) is 4. The van der Waals surface area contributed by atoms with E-state index < -0.39 is 11.6 Å². The normalized spacial score (nSPS) is 11.4. The number of nitriles is 2. The van der Waals surface area contributed by atoms with E-state index in [1.807, 2.05) is 65.2 Å². The third kappa shape index (κ3) is 2.98. The zero-order valence-corrected chi connectivity index (χ0v) is 19.8. The van der Waals surface area contributed by atoms with Crippen molar-refractivity contribution < 1.29 is 8.78 Å². The first-order chi connectivity index (χ1) is 18.6. The van der Waals surface area contributed by atoms with Gasteiger partial charge in [0, 0.05) is 27.6 Å². The monoisotopic (exact) mass is 494 g/mol. The van der Waals surface area contributed by atoms with Crippen LogP contribution in [-0.2, 0) is 0 Å². The third-order valence-corrected chi connectivity index (χ3v) is 7.10. The van der Waals surface area contributed by atoms with Crippen LogP contribution in [0.15, 0.2) is 97.1 Å². The van der Waals surface area contributed by atoms with Crippen molar-refractivity contribution >= 4 is 43.6 Å². The molecule has 0 saturated heterocycles. The number of halogens is 2. The number of fused-ring (bicyclic) bond motifs is 6. The second kappa shape index (κ2) is 8.03. The molecule has 0 unspecified atom stereocenters. The smallest absolute Gasteiger partial charge is 0.147 e. The van der Waals surface area contributed by atoms with Crippen LogP contribution in [0, 0.1) is 34.3 Å². The van der Waals surface area contributed by atoms with Crippen LogP contribution in [0.1, 0.15) is 11.1 Å². The van der Waals surface area contributed by atoms with Crippen molar-refractivity contribution in [1.29, 1.82) is 10.5 Å². The average Bonchev–Trinajstić information content (AvgIpc) is 3.45. The molecule has 0 fully saturated rings. The van der Waals surface area contributed by atoms with Crippen LogP contribution in [0.5, 0.6) is 0 Å². The molecule has 0 atom stereocenters. The fourth-order valence-electron chi connectivity index (χ4n) is 5.50. The van der Waals surface area contributed by atoms with Crippen molar-refractivity contribution in [3.8, 4) is 23.5 Å². The average molecular weight is 495 g/mol. The molecule has 38 heavy (non-hydrogen) atoms. The van der Waals surface area contributed by atoms with E-state index in [1.165, 1.54) is 6.07 Å². The number of rotatable bonds is 2. The van der Waals surface area contributed by atoms with Gasteiger partial charge in [-0.15, -0.1) is 0 Å². The predicted octanol–water partition coefficient (Wildman–Crippen LogP) is 7.90. The molecule has 0 amide bonds. The van der Waals surface area contributed by atoms with Crippen LogP contribution < -0.4 is 0 Å². The van der Waals surface area contributed by atoms with Crippen molar-refractivity contribution in [1.82, 2.24) is 9.13 Å². The highest BCUT2D eigenvalue weighted by Gasteiger charge is 2.20. The topological polar surface area (TPSA) is 57.4 Å². The summed E-state index contributed by atoms with van der Waals surface area (Å²) in [6, 6.07) is 32.5. The molecule has 2 heterocycles. The van der Waals surface area contributed by atoms with Crippen LogP contribution in [0.4, 0.5) is 8.78 Å². The quantitative estimate of drug-likeness (QED) is 0.245. The van der Waals surface area contributed by atoms with Crippen LogP contribution >= 0.6 is 0 Å². The first-order valence-electron chi connectivity index (χ1n) is 12.0. The van der Waals surface area contributed by atoms with Gasteiger partial charge < -0.3 is 9.13 Å². The Labute approximate surface area is 215 Å². The maximum Gasteiger partial charge on any atom is 0.147 e. The molecular weight excluding hydrogens is 478 g/mol. The summed E-state index contributed by atoms with van der Waals surface area (Å²) in [6.45, 7) is 0. The van der Waals surface area contributed by atoms with Crippen LogP contribution in [0.3, 0.4) is 0 Å². The summed E-state index contributed by atoms with van der Waals surface area (Å²) in [6.07, 6.45) is 0. The van der Waals surface area contributed by atoms with Crippen molar-refractivity contribution in [2.75, 3.05) is 0 Å². The summed E-state index contributed by atoms with van der Waals surface area (Å²) >= 11 is 0. The van der Waals surface area contributed by atoms with Crippen molar-refractivity contribution in [3.63, 3.8) is 0 Å². The number of hydrogen-bond donors (Lipinski definition) is 0. The van der Waals surface area contributed by atoms with E-state index in [1.54, 1.807) is 22.8 Å². The van der Waals surface area contributed by atoms with E-state index in [9.17, 15) is 14.9 Å². The Hall–Kier alpha value is -5.46. The van der Waals surface area contributed by atoms with Gasteiger partial charge in [0.15, 0.2) is 0 Å². The number of benzene rings is 5. The molecule has 0 saturated carbocycles. The highest BCUT2D eigenvalue weighted by atomic mass is 19.1. The largest absolute Gasteiger partial charge is 0.308 e. The minimum atomic E-state index is -0.521. The van der Waals surface area contributed by atoms with Crippen molar-refractivity contribution in [2.45, 2.75) is 0 Å². The van der Waals surface area contributed by atoms with E-state index in [0.29, 0.717) is 16.8 Å². The zero-order valence-electron chi connectivity index (χ0n) is 19.8. The molecule has 0 radical (unpaired) electrons. The molecule has 0 aliphatic carbocycles. The molecule has 6 heteroatoms. The summed E-state index contributed by atoms with van der Waals surface area (Å²) in [5.41, 5.74) is 4.85. The third-order valence-electron chi connectivity index (χ3n) is 7.10. The molecule has 7 aromatic rings. The fraction of sp³-hybridized carbons (Fsp3) is 0. The lowest BCUT2D eigenvalue weighted by Crippen LogP contribution is -1.99. The second-order valence-corrected chi connectivity index (χ2v) is 9.14. The van der Waals surface area contributed by atoms with E-state index in [0.717, 1.165) is 55.7 Å². The Balaban J connectivity index is 1.68. The van der Waals surface area contributed by atoms with Crippen LogP contribution in [-0.4, -0.2) is 9.13 Å². The van der Waals surface area contributed by atoms with Gasteiger partial charge in [0.05, 0.1) is 50.6 Å². The lowest BCUT2D eigenvalue weighted by Gasteiger charge is -2.11. The fourth-order valence-corrected chi connectivity index (χ4v) is 5.50. The molecular formula is C32H16F2N4. The van der Waals surface area contributed by atoms with Crippen molar-refractivity contribution in [3.05, 3.63) is 120 Å². The summed E-state index contributed by atoms with van der Waals surface area (Å²) in [4.78, 5) is 0. The number of aromatic nitrogens is 2. The van der Waals surface area contributed by atoms with Gasteiger partial charge in [-0.2, -0.15) is 10.5 Å². The highest BCUT2D eigenvalue weighted by molar-refractivity contribution is 6.19. The SMILES string of the molecule is N#Cc1ccc(-n2c3ccccc3c3cc4c(cc32)c2ccccc2n4-c2cc(F)ccc2F)c(C#N)c1. The Bertz CT molecular complexity index is 2190. The van der Waals surface area contributed by atoms with Gasteiger partial charge in [-0.3, -0.25) is 0 Å². The van der Waals surface area contributed by atoms with Gasteiger partial charge >= 0.3 is 0 Å². The van der Waals surface area contributed by atoms with Gasteiger partial charge in [-0.1, -0.05) is 36.4 Å². The molecule has 0 bridgehead atoms. The zero-order chi connectivity index (χ0) is 26.0. The molecule has 0 aliphatic rings. The minimum Gasteiger partial charge on any atom is -0.308 e. The van der Waals surface area contributed by atoms with Gasteiger partial charge in [0.25, 0.3) is 0 Å². The van der Waals surface area contributed by atoms with Gasteiger partial charge in [-0.05, 0) is 54.6 Å². The Morgan fingerprint density at radius 1 is 0.526 bits per heavy atom. The molecule has 0 N–H and O–H groups in total. The molecule has 178 valence electrons. The van der Waals surface area contributed by atoms with E-state index in [4.69, 9.17) is 0 Å². The molecule has 7 rings (SSSR count). The maximum absolute atomic E-state index is 15.1. The standard InChI is InChI=1S/C32H16F2N4/c33-21-10-11-26(34)32(14-21)38-29-8-4-2-6-23(29)25-15-30-24(16-31(25)38)22-5-1-3-7-28(22)37(30)27-12-9-19(17-35)13-20(27)18-36/h1-16H. The van der Waals surface area contributed by atoms with E-state index in [-0.39, 0.29) is 5.69 Å². The van der Waals surface area contributed by atoms with Crippen LogP contribution in [0.25, 0.3) is 55.0 Å². The minimum absolute atomic E-state index is 0.137. The molecule has 4 nitrogen and oxygen atoms in total. The van der Waals surface area contributed by atoms with Crippen LogP contribution in [0.2, 0.25) is 0 Å². The summed E-state index contributed by atoms with van der Waals surface area (Å²) < 4.78 is 33.2. The Morgan fingerprint density at radius 2 is 1.13 bits per heavy atom. The molecule has 2 aromatic heterocycles. The number of hydrogen-bond acceptors (Lipinski definition) is 2. The first-order valence-corrected chi connectivity index (χ1v) is 12.0. The van der Waals surface area contributed by atoms with Gasteiger partial charge in [-0.25, -0.2) is 8.78 Å². The second-order valence-electron chi connectivity index (χ2n) is 9.14. The van der Waals surface area contributed by atoms with Crippen molar-refractivity contribution in [2.24, 2.45) is 0 Å². The summed E-state index contributed by atoms with van der Waals surface area (Å²) in [7, 11) is 0.